The van der Waals surface area contributed by atoms with Crippen LogP contribution in [0.5, 0.6) is 0 Å². The molecule has 0 aliphatic carbocycles. The van der Waals surface area contributed by atoms with E-state index in [0.717, 1.165) is 11.3 Å². The molecule has 1 fully saturated rings. The van der Waals surface area contributed by atoms with Crippen LogP contribution in [0.25, 0.3) is 0 Å². The van der Waals surface area contributed by atoms with Gasteiger partial charge in [0.2, 0.25) is 5.91 Å². The topological polar surface area (TPSA) is 38.1 Å². The third-order valence-electron chi connectivity index (χ3n) is 3.51. The van der Waals surface area contributed by atoms with Gasteiger partial charge in [-0.3, -0.25) is 9.78 Å². The van der Waals surface area contributed by atoms with Crippen molar-refractivity contribution in [3.8, 4) is 0 Å². The van der Waals surface area contributed by atoms with Crippen LogP contribution in [0.1, 0.15) is 23.1 Å². The lowest BCUT2D eigenvalue weighted by Crippen LogP contribution is -2.37. The summed E-state index contributed by atoms with van der Waals surface area (Å²) in [5, 5.41) is 0.0939. The highest BCUT2D eigenvalue weighted by atomic mass is 32.2. The Hall–Kier alpha value is -1.75. The van der Waals surface area contributed by atoms with E-state index < -0.39 is 0 Å². The molecule has 0 spiro atoms. The van der Waals surface area contributed by atoms with Gasteiger partial charge in [0.25, 0.3) is 0 Å². The third-order valence-corrected chi connectivity index (χ3v) is 4.76. The Morgan fingerprint density at radius 2 is 2.30 bits per heavy atom. The molecule has 0 radical (unpaired) electrons. The second kappa shape index (κ2) is 5.71. The van der Waals surface area contributed by atoms with Gasteiger partial charge in [0.05, 0.1) is 5.69 Å². The minimum Gasteiger partial charge on any atom is -0.352 e. The lowest BCUT2D eigenvalue weighted by Gasteiger charge is -2.35. The van der Waals surface area contributed by atoms with Crippen molar-refractivity contribution in [1.29, 1.82) is 0 Å². The monoisotopic (exact) mass is 287 g/mol. The molecule has 0 aromatic carbocycles. The first kappa shape index (κ1) is 13.2. The van der Waals surface area contributed by atoms with Gasteiger partial charge in [0.1, 0.15) is 5.37 Å². The lowest BCUT2D eigenvalue weighted by molar-refractivity contribution is -0.132. The second-order valence-corrected chi connectivity index (χ2v) is 6.09. The zero-order valence-electron chi connectivity index (χ0n) is 11.4. The number of nitrogens with zero attached hydrogens (tertiary/aromatic N) is 3. The van der Waals surface area contributed by atoms with E-state index in [2.05, 4.69) is 15.6 Å². The third kappa shape index (κ3) is 2.58. The average molecular weight is 287 g/mol. The Labute approximate surface area is 122 Å². The van der Waals surface area contributed by atoms with Crippen LogP contribution in [-0.4, -0.2) is 26.1 Å². The van der Waals surface area contributed by atoms with E-state index in [1.54, 1.807) is 6.20 Å². The molecule has 0 N–H and O–H groups in total. The van der Waals surface area contributed by atoms with Crippen LogP contribution in [0, 0.1) is 0 Å². The fourth-order valence-electron chi connectivity index (χ4n) is 2.46. The van der Waals surface area contributed by atoms with Crippen molar-refractivity contribution >= 4 is 17.7 Å². The van der Waals surface area contributed by atoms with Gasteiger partial charge in [-0.25, -0.2) is 0 Å². The van der Waals surface area contributed by atoms with Crippen LogP contribution in [0.3, 0.4) is 0 Å². The van der Waals surface area contributed by atoms with E-state index >= 15 is 0 Å². The van der Waals surface area contributed by atoms with Crippen molar-refractivity contribution < 1.29 is 4.79 Å². The van der Waals surface area contributed by atoms with E-state index in [4.69, 9.17) is 0 Å². The first-order chi connectivity index (χ1) is 9.75. The van der Waals surface area contributed by atoms with Gasteiger partial charge in [-0.2, -0.15) is 0 Å². The predicted molar refractivity (Wildman–Crippen MR) is 80.0 cm³/mol. The molecule has 2 aromatic heterocycles. The first-order valence-corrected chi connectivity index (χ1v) is 7.72. The molecule has 1 amide bonds. The molecule has 0 saturated carbocycles. The summed E-state index contributed by atoms with van der Waals surface area (Å²) in [4.78, 5) is 18.4. The summed E-state index contributed by atoms with van der Waals surface area (Å²) in [6.45, 7) is 0.621. The Balaban J connectivity index is 1.87. The normalized spacial score (nSPS) is 19.4. The highest BCUT2D eigenvalue weighted by molar-refractivity contribution is 7.99. The summed E-state index contributed by atoms with van der Waals surface area (Å²) in [5.41, 5.74) is 2.24. The van der Waals surface area contributed by atoms with E-state index in [-0.39, 0.29) is 11.3 Å². The van der Waals surface area contributed by atoms with Crippen molar-refractivity contribution in [1.82, 2.24) is 14.5 Å². The summed E-state index contributed by atoms with van der Waals surface area (Å²) in [7, 11) is 2.03. The summed E-state index contributed by atoms with van der Waals surface area (Å²) in [5.74, 6) is 1.11. The Morgan fingerprint density at radius 3 is 3.00 bits per heavy atom. The fourth-order valence-corrected chi connectivity index (χ4v) is 3.76. The van der Waals surface area contributed by atoms with Gasteiger partial charge in [0, 0.05) is 44.4 Å². The number of aromatic nitrogens is 2. The maximum atomic E-state index is 12.3. The highest BCUT2D eigenvalue weighted by Gasteiger charge is 2.31. The van der Waals surface area contributed by atoms with Crippen molar-refractivity contribution in [3.63, 3.8) is 0 Å². The van der Waals surface area contributed by atoms with E-state index in [9.17, 15) is 4.79 Å². The predicted octanol–water partition coefficient (Wildman–Crippen LogP) is 2.58. The molecular formula is C15H17N3OS. The van der Waals surface area contributed by atoms with Gasteiger partial charge in [-0.15, -0.1) is 11.8 Å². The molecule has 1 aliphatic heterocycles. The van der Waals surface area contributed by atoms with Crippen LogP contribution in [0.15, 0.2) is 42.9 Å². The van der Waals surface area contributed by atoms with Crippen LogP contribution in [0.2, 0.25) is 0 Å². The number of carbonyl (C=O) groups is 1. The number of hydrogen-bond acceptors (Lipinski definition) is 3. The number of amides is 1. The van der Waals surface area contributed by atoms with Crippen LogP contribution >= 0.6 is 11.8 Å². The molecule has 2 aromatic rings. The molecule has 104 valence electrons. The van der Waals surface area contributed by atoms with Crippen LogP contribution in [0.4, 0.5) is 0 Å². The molecular weight excluding hydrogens is 270 g/mol. The quantitative estimate of drug-likeness (QED) is 0.871. The maximum absolute atomic E-state index is 12.3. The highest BCUT2D eigenvalue weighted by Crippen LogP contribution is 2.38. The van der Waals surface area contributed by atoms with E-state index in [1.807, 2.05) is 54.3 Å². The summed E-state index contributed by atoms with van der Waals surface area (Å²) < 4.78 is 2.09. The zero-order valence-corrected chi connectivity index (χ0v) is 12.2. The number of thioether (sulfide) groups is 1. The molecule has 1 atom stereocenters. The number of aryl methyl sites for hydroxylation is 1. The molecule has 0 bridgehead atoms. The van der Waals surface area contributed by atoms with Crippen molar-refractivity contribution in [3.05, 3.63) is 54.1 Å². The largest absolute Gasteiger partial charge is 0.352 e. The fraction of sp³-hybridized carbons (Fsp3) is 0.333. The molecule has 4 nitrogen and oxygen atoms in total. The molecule has 1 saturated heterocycles. The van der Waals surface area contributed by atoms with Gasteiger partial charge in [-0.05, 0) is 23.8 Å². The molecule has 1 aliphatic rings. The Bertz CT molecular complexity index is 596. The minimum absolute atomic E-state index is 0.0939. The lowest BCUT2D eigenvalue weighted by atomic mass is 10.2. The Morgan fingerprint density at radius 1 is 1.40 bits per heavy atom. The van der Waals surface area contributed by atoms with E-state index in [1.165, 1.54) is 5.69 Å². The molecule has 5 heteroatoms. The minimum atomic E-state index is 0.0939. The maximum Gasteiger partial charge on any atom is 0.224 e. The number of hydrogen-bond donors (Lipinski definition) is 0. The zero-order chi connectivity index (χ0) is 13.9. The van der Waals surface area contributed by atoms with Crippen molar-refractivity contribution in [2.75, 3.05) is 5.75 Å². The van der Waals surface area contributed by atoms with Crippen LogP contribution in [-0.2, 0) is 18.4 Å². The molecule has 3 heterocycles. The van der Waals surface area contributed by atoms with Crippen molar-refractivity contribution in [2.24, 2.45) is 7.05 Å². The van der Waals surface area contributed by atoms with E-state index in [0.29, 0.717) is 13.0 Å². The number of rotatable bonds is 3. The SMILES string of the molecule is Cn1cccc1C1SCCC(=O)N1Cc1cccnc1. The number of pyridine rings is 1. The van der Waals surface area contributed by atoms with Crippen LogP contribution < -0.4 is 0 Å². The summed E-state index contributed by atoms with van der Waals surface area (Å²) in [6, 6.07) is 8.04. The molecule has 20 heavy (non-hydrogen) atoms. The molecule has 3 rings (SSSR count). The second-order valence-electron chi connectivity index (χ2n) is 4.90. The standard InChI is InChI=1S/C15H17N3OS/c1-17-8-3-5-13(17)15-18(14(19)6-9-20-15)11-12-4-2-7-16-10-12/h2-5,7-8,10,15H,6,9,11H2,1H3. The molecule has 1 unspecified atom stereocenters. The van der Waals surface area contributed by atoms with Gasteiger partial charge >= 0.3 is 0 Å². The first-order valence-electron chi connectivity index (χ1n) is 6.67. The van der Waals surface area contributed by atoms with Gasteiger partial charge in [0.15, 0.2) is 0 Å². The average Bonchev–Trinajstić information content (AvgIpc) is 2.88. The van der Waals surface area contributed by atoms with Gasteiger partial charge in [-0.1, -0.05) is 6.07 Å². The summed E-state index contributed by atoms with van der Waals surface area (Å²) in [6.07, 6.45) is 6.22. The van der Waals surface area contributed by atoms with Crippen molar-refractivity contribution in [2.45, 2.75) is 18.3 Å². The summed E-state index contributed by atoms with van der Waals surface area (Å²) >= 11 is 1.83. The van der Waals surface area contributed by atoms with Gasteiger partial charge < -0.3 is 9.47 Å². The Kier molecular flexibility index (Phi) is 3.78. The number of carbonyl (C=O) groups excluding carboxylic acids is 1. The smallest absolute Gasteiger partial charge is 0.224 e.